The van der Waals surface area contributed by atoms with Crippen LogP contribution in [0.25, 0.3) is 10.6 Å². The number of carbonyl (C=O) groups excluding carboxylic acids is 1. The Morgan fingerprint density at radius 2 is 1.85 bits per heavy atom. The van der Waals surface area contributed by atoms with Crippen LogP contribution in [0.15, 0.2) is 42.5 Å². The van der Waals surface area contributed by atoms with Crippen LogP contribution in [0.1, 0.15) is 28.2 Å². The third-order valence-corrected chi connectivity index (χ3v) is 7.88. The van der Waals surface area contributed by atoms with Gasteiger partial charge in [-0.2, -0.15) is 0 Å². The summed E-state index contributed by atoms with van der Waals surface area (Å²) in [7, 11) is 1.64. The molecule has 0 radical (unpaired) electrons. The molecule has 1 saturated heterocycles. The Hall–Kier alpha value is -2.32. The van der Waals surface area contributed by atoms with Gasteiger partial charge in [0.15, 0.2) is 11.5 Å². The maximum atomic E-state index is 13.3. The molecule has 1 saturated carbocycles. The zero-order valence-electron chi connectivity index (χ0n) is 18.7. The van der Waals surface area contributed by atoms with Gasteiger partial charge in [-0.3, -0.25) is 9.69 Å². The van der Waals surface area contributed by atoms with Gasteiger partial charge < -0.3 is 14.4 Å². The maximum absolute atomic E-state index is 13.3. The molecule has 1 aromatic heterocycles. The second kappa shape index (κ2) is 9.38. The van der Waals surface area contributed by atoms with Crippen molar-refractivity contribution in [3.05, 3.63) is 58.1 Å². The van der Waals surface area contributed by atoms with Gasteiger partial charge >= 0.3 is 0 Å². The van der Waals surface area contributed by atoms with Crippen molar-refractivity contribution in [1.29, 1.82) is 0 Å². The van der Waals surface area contributed by atoms with Crippen LogP contribution in [0.2, 0.25) is 5.02 Å². The largest absolute Gasteiger partial charge is 0.493 e. The van der Waals surface area contributed by atoms with E-state index in [2.05, 4.69) is 4.90 Å². The SMILES string of the molecule is COc1cc(N2CCc3nc(-c4ccc(Cl)cc4)sc3C2=O)ccc1OC1CN(C2CC2)C1.Cl. The van der Waals surface area contributed by atoms with Crippen molar-refractivity contribution < 1.29 is 14.3 Å². The lowest BCUT2D eigenvalue weighted by atomic mass is 10.1. The van der Waals surface area contributed by atoms with Gasteiger partial charge in [-0.25, -0.2) is 4.98 Å². The summed E-state index contributed by atoms with van der Waals surface area (Å²) in [6.45, 7) is 2.53. The van der Waals surface area contributed by atoms with Gasteiger partial charge in [0.1, 0.15) is 16.0 Å². The first kappa shape index (κ1) is 23.4. The minimum absolute atomic E-state index is 0. The number of thiazole rings is 1. The summed E-state index contributed by atoms with van der Waals surface area (Å²) in [5.41, 5.74) is 2.64. The van der Waals surface area contributed by atoms with E-state index in [9.17, 15) is 4.79 Å². The Bertz CT molecular complexity index is 1210. The monoisotopic (exact) mass is 517 g/mol. The van der Waals surface area contributed by atoms with Crippen molar-refractivity contribution in [2.75, 3.05) is 31.6 Å². The van der Waals surface area contributed by atoms with E-state index in [1.54, 1.807) is 12.0 Å². The summed E-state index contributed by atoms with van der Waals surface area (Å²) in [4.78, 5) is 23.0. The minimum Gasteiger partial charge on any atom is -0.493 e. The number of ether oxygens (including phenoxy) is 2. The molecule has 2 aliphatic heterocycles. The zero-order chi connectivity index (χ0) is 22.5. The quantitative estimate of drug-likeness (QED) is 0.442. The Morgan fingerprint density at radius 1 is 1.09 bits per heavy atom. The van der Waals surface area contributed by atoms with E-state index in [4.69, 9.17) is 26.1 Å². The predicted molar refractivity (Wildman–Crippen MR) is 137 cm³/mol. The molecule has 0 atom stereocenters. The maximum Gasteiger partial charge on any atom is 0.270 e. The predicted octanol–water partition coefficient (Wildman–Crippen LogP) is 5.32. The summed E-state index contributed by atoms with van der Waals surface area (Å²) in [5.74, 6) is 1.36. The van der Waals surface area contributed by atoms with E-state index < -0.39 is 0 Å². The molecule has 1 amide bonds. The van der Waals surface area contributed by atoms with E-state index >= 15 is 0 Å². The molecule has 6 nitrogen and oxygen atoms in total. The van der Waals surface area contributed by atoms with Crippen LogP contribution in [0.3, 0.4) is 0 Å². The fourth-order valence-electron chi connectivity index (χ4n) is 4.48. The number of carbonyl (C=O) groups is 1. The van der Waals surface area contributed by atoms with Gasteiger partial charge in [-0.05, 0) is 37.1 Å². The lowest BCUT2D eigenvalue weighted by Gasteiger charge is -2.39. The second-order valence-electron chi connectivity index (χ2n) is 8.77. The average Bonchev–Trinajstić information content (AvgIpc) is 3.54. The number of amides is 1. The number of benzene rings is 2. The van der Waals surface area contributed by atoms with E-state index in [1.807, 2.05) is 42.5 Å². The molecule has 0 bridgehead atoms. The topological polar surface area (TPSA) is 54.9 Å². The standard InChI is InChI=1S/C25H24ClN3O3S.ClH/c1-31-22-12-18(8-9-21(22)32-19-13-28(14-19)17-6-7-17)29-11-10-20-23(25(29)30)33-24(27-20)15-2-4-16(26)5-3-15;/h2-5,8-9,12,17,19H,6-7,10-11,13-14H2,1H3;1H. The number of hydrogen-bond acceptors (Lipinski definition) is 6. The van der Waals surface area contributed by atoms with Gasteiger partial charge in [0.05, 0.1) is 12.8 Å². The van der Waals surface area contributed by atoms with Crippen molar-refractivity contribution in [3.8, 4) is 22.1 Å². The van der Waals surface area contributed by atoms with E-state index in [0.717, 1.165) is 46.8 Å². The van der Waals surface area contributed by atoms with Gasteiger partial charge in [-0.15, -0.1) is 23.7 Å². The van der Waals surface area contributed by atoms with Gasteiger partial charge in [0.25, 0.3) is 5.91 Å². The molecule has 0 unspecified atom stereocenters. The normalized spacial score (nSPS) is 18.2. The molecule has 0 N–H and O–H groups in total. The molecule has 2 fully saturated rings. The highest BCUT2D eigenvalue weighted by atomic mass is 35.5. The smallest absolute Gasteiger partial charge is 0.270 e. The van der Waals surface area contributed by atoms with E-state index in [0.29, 0.717) is 28.6 Å². The Morgan fingerprint density at radius 3 is 2.56 bits per heavy atom. The van der Waals surface area contributed by atoms with Crippen molar-refractivity contribution in [2.45, 2.75) is 31.4 Å². The minimum atomic E-state index is -0.0243. The number of fused-ring (bicyclic) bond motifs is 1. The molecular weight excluding hydrogens is 493 g/mol. The first-order valence-corrected chi connectivity index (χ1v) is 12.4. The molecule has 3 aromatic rings. The highest BCUT2D eigenvalue weighted by Gasteiger charge is 2.39. The third-order valence-electron chi connectivity index (χ3n) is 6.49. The van der Waals surface area contributed by atoms with Crippen LogP contribution in [0, 0.1) is 0 Å². The summed E-state index contributed by atoms with van der Waals surface area (Å²) < 4.78 is 11.8. The van der Waals surface area contributed by atoms with E-state index in [1.165, 1.54) is 24.2 Å². The van der Waals surface area contributed by atoms with Crippen molar-refractivity contribution in [3.63, 3.8) is 0 Å². The van der Waals surface area contributed by atoms with Gasteiger partial charge in [-0.1, -0.05) is 23.7 Å². The molecule has 178 valence electrons. The number of likely N-dealkylation sites (tertiary alicyclic amines) is 1. The number of rotatable bonds is 6. The molecular formula is C25H25Cl2N3O3S. The Labute approximate surface area is 213 Å². The number of halogens is 2. The fraction of sp³-hybridized carbons (Fsp3) is 0.360. The van der Waals surface area contributed by atoms with Crippen LogP contribution >= 0.6 is 35.3 Å². The highest BCUT2D eigenvalue weighted by molar-refractivity contribution is 7.17. The number of aromatic nitrogens is 1. The molecule has 3 heterocycles. The number of hydrogen-bond donors (Lipinski definition) is 0. The van der Waals surface area contributed by atoms with E-state index in [-0.39, 0.29) is 24.4 Å². The van der Waals surface area contributed by atoms with Gasteiger partial charge in [0.2, 0.25) is 0 Å². The van der Waals surface area contributed by atoms with Gasteiger partial charge in [0, 0.05) is 54.4 Å². The summed E-state index contributed by atoms with van der Waals surface area (Å²) in [6.07, 6.45) is 3.55. The molecule has 0 spiro atoms. The lowest BCUT2D eigenvalue weighted by Crippen LogP contribution is -2.54. The molecule has 2 aromatic carbocycles. The molecule has 1 aliphatic carbocycles. The lowest BCUT2D eigenvalue weighted by molar-refractivity contribution is 0.0129. The van der Waals surface area contributed by atoms with Crippen LogP contribution in [-0.4, -0.2) is 54.7 Å². The third kappa shape index (κ3) is 4.38. The molecule has 3 aliphatic rings. The summed E-state index contributed by atoms with van der Waals surface area (Å²) >= 11 is 7.44. The van der Waals surface area contributed by atoms with Crippen LogP contribution in [0.4, 0.5) is 5.69 Å². The second-order valence-corrected chi connectivity index (χ2v) is 10.2. The fourth-order valence-corrected chi connectivity index (χ4v) is 5.67. The van der Waals surface area contributed by atoms with Crippen LogP contribution in [0.5, 0.6) is 11.5 Å². The molecule has 9 heteroatoms. The van der Waals surface area contributed by atoms with Crippen LogP contribution in [-0.2, 0) is 6.42 Å². The average molecular weight is 518 g/mol. The Kier molecular flexibility index (Phi) is 6.46. The summed E-state index contributed by atoms with van der Waals surface area (Å²) in [5, 5.41) is 1.52. The summed E-state index contributed by atoms with van der Waals surface area (Å²) in [6, 6.07) is 14.1. The Balaban J connectivity index is 0.00000241. The molecule has 6 rings (SSSR count). The number of nitrogens with zero attached hydrogens (tertiary/aromatic N) is 3. The highest BCUT2D eigenvalue weighted by Crippen LogP contribution is 2.38. The van der Waals surface area contributed by atoms with Crippen molar-refractivity contribution >= 4 is 46.9 Å². The number of methoxy groups -OCH3 is 1. The number of anilines is 1. The molecule has 34 heavy (non-hydrogen) atoms. The first-order valence-electron chi connectivity index (χ1n) is 11.3. The first-order chi connectivity index (χ1) is 16.1. The zero-order valence-corrected chi connectivity index (χ0v) is 21.1. The van der Waals surface area contributed by atoms with Crippen molar-refractivity contribution in [2.24, 2.45) is 0 Å². The van der Waals surface area contributed by atoms with Crippen molar-refractivity contribution in [1.82, 2.24) is 9.88 Å². The van der Waals surface area contributed by atoms with Crippen LogP contribution < -0.4 is 14.4 Å².